The third-order valence-corrected chi connectivity index (χ3v) is 6.35. The first-order chi connectivity index (χ1) is 16.5. The molecule has 0 bridgehead atoms. The Morgan fingerprint density at radius 1 is 1.24 bits per heavy atom. The zero-order chi connectivity index (χ0) is 24.1. The first-order valence-electron chi connectivity index (χ1n) is 10.9. The van der Waals surface area contributed by atoms with Gasteiger partial charge in [0.25, 0.3) is 11.1 Å². The van der Waals surface area contributed by atoms with Crippen LogP contribution in [0.3, 0.4) is 0 Å². The van der Waals surface area contributed by atoms with E-state index in [1.54, 1.807) is 59.8 Å². The monoisotopic (exact) mass is 480 g/mol. The summed E-state index contributed by atoms with van der Waals surface area (Å²) in [6.45, 7) is 2.90. The molecule has 176 valence electrons. The van der Waals surface area contributed by atoms with Crippen molar-refractivity contribution in [3.05, 3.63) is 59.3 Å². The lowest BCUT2D eigenvalue weighted by atomic mass is 10.1. The number of rotatable bonds is 8. The molecule has 2 fully saturated rings. The minimum atomic E-state index is -0.500. The van der Waals surface area contributed by atoms with Gasteiger partial charge in [0.05, 0.1) is 17.4 Å². The van der Waals surface area contributed by atoms with Crippen LogP contribution in [0.15, 0.2) is 53.7 Å². The van der Waals surface area contributed by atoms with E-state index in [0.717, 1.165) is 28.0 Å². The van der Waals surface area contributed by atoms with E-state index < -0.39 is 11.8 Å². The lowest BCUT2D eigenvalue weighted by Crippen LogP contribution is -2.40. The zero-order valence-corrected chi connectivity index (χ0v) is 19.4. The van der Waals surface area contributed by atoms with Crippen molar-refractivity contribution in [2.24, 2.45) is 5.92 Å². The van der Waals surface area contributed by atoms with Gasteiger partial charge in [-0.2, -0.15) is 0 Å². The van der Waals surface area contributed by atoms with Crippen molar-refractivity contribution < 1.29 is 23.9 Å². The molecule has 1 atom stereocenters. The first-order valence-corrected chi connectivity index (χ1v) is 11.7. The van der Waals surface area contributed by atoms with Gasteiger partial charge in [0.1, 0.15) is 5.75 Å². The van der Waals surface area contributed by atoms with Crippen molar-refractivity contribution in [3.63, 3.8) is 0 Å². The first kappa shape index (κ1) is 23.5. The van der Waals surface area contributed by atoms with Crippen molar-refractivity contribution in [2.45, 2.75) is 13.3 Å². The highest BCUT2D eigenvalue weighted by molar-refractivity contribution is 8.18. The normalized spacial score (nSPS) is 19.3. The summed E-state index contributed by atoms with van der Waals surface area (Å²) in [7, 11) is 0. The van der Waals surface area contributed by atoms with E-state index in [1.807, 2.05) is 6.92 Å². The third kappa shape index (κ3) is 5.28. The minimum absolute atomic E-state index is 0.0596. The van der Waals surface area contributed by atoms with E-state index >= 15 is 0 Å². The summed E-state index contributed by atoms with van der Waals surface area (Å²) >= 11 is 0.861. The molecule has 2 aliphatic heterocycles. The summed E-state index contributed by atoms with van der Waals surface area (Å²) in [6.07, 6.45) is 4.96. The van der Waals surface area contributed by atoms with Gasteiger partial charge in [0.15, 0.2) is 0 Å². The predicted molar refractivity (Wildman–Crippen MR) is 128 cm³/mol. The summed E-state index contributed by atoms with van der Waals surface area (Å²) in [5, 5.41) is 2.37. The summed E-state index contributed by atoms with van der Waals surface area (Å²) in [6, 6.07) is 10.7. The fourth-order valence-corrected chi connectivity index (χ4v) is 4.63. The van der Waals surface area contributed by atoms with Gasteiger partial charge in [-0.1, -0.05) is 6.07 Å². The van der Waals surface area contributed by atoms with E-state index in [0.29, 0.717) is 17.2 Å². The van der Waals surface area contributed by atoms with Gasteiger partial charge in [-0.05, 0) is 60.7 Å². The number of nitrogens with zero attached hydrogens (tertiary/aromatic N) is 3. The lowest BCUT2D eigenvalue weighted by molar-refractivity contribution is -0.127. The number of pyridine rings is 1. The average molecular weight is 481 g/mol. The standard InChI is InChI=1S/C24H24N4O5S/c1-2-33-19-7-5-18(6-8-19)28-15-17(13-21(28)29)22(30)26-10-11-27-23(31)20(34-24(27)32)12-16-4-3-9-25-14-16/h3-9,12,14,17H,2,10-11,13,15H2,1H3,(H,26,30). The molecule has 0 saturated carbocycles. The summed E-state index contributed by atoms with van der Waals surface area (Å²) in [5.74, 6) is -0.587. The SMILES string of the molecule is CCOc1ccc(N2CC(C(=O)NCCN3C(=O)SC(=Cc4cccnc4)C3=O)CC2=O)cc1. The van der Waals surface area contributed by atoms with Crippen LogP contribution < -0.4 is 15.0 Å². The van der Waals surface area contributed by atoms with Crippen molar-refractivity contribution in [1.82, 2.24) is 15.2 Å². The van der Waals surface area contributed by atoms with Crippen LogP contribution in [-0.4, -0.2) is 59.1 Å². The van der Waals surface area contributed by atoms with E-state index in [2.05, 4.69) is 10.3 Å². The topological polar surface area (TPSA) is 109 Å². The number of aromatic nitrogens is 1. The van der Waals surface area contributed by atoms with Gasteiger partial charge in [-0.15, -0.1) is 0 Å². The summed E-state index contributed by atoms with van der Waals surface area (Å²) in [4.78, 5) is 56.9. The van der Waals surface area contributed by atoms with Gasteiger partial charge in [-0.25, -0.2) is 0 Å². The maximum atomic E-state index is 12.6. The second-order valence-electron chi connectivity index (χ2n) is 7.74. The third-order valence-electron chi connectivity index (χ3n) is 5.45. The maximum Gasteiger partial charge on any atom is 0.293 e. The Kier molecular flexibility index (Phi) is 7.27. The molecule has 2 saturated heterocycles. The molecule has 34 heavy (non-hydrogen) atoms. The maximum absolute atomic E-state index is 12.6. The minimum Gasteiger partial charge on any atom is -0.494 e. The molecule has 10 heteroatoms. The molecule has 9 nitrogen and oxygen atoms in total. The molecular weight excluding hydrogens is 456 g/mol. The summed E-state index contributed by atoms with van der Waals surface area (Å²) in [5.41, 5.74) is 1.44. The van der Waals surface area contributed by atoms with Crippen LogP contribution in [0, 0.1) is 5.92 Å². The number of hydrogen-bond donors (Lipinski definition) is 1. The largest absolute Gasteiger partial charge is 0.494 e. The van der Waals surface area contributed by atoms with Crippen LogP contribution in [-0.2, 0) is 14.4 Å². The van der Waals surface area contributed by atoms with Crippen molar-refractivity contribution in [2.75, 3.05) is 31.1 Å². The van der Waals surface area contributed by atoms with Crippen LogP contribution in [0.4, 0.5) is 10.5 Å². The Balaban J connectivity index is 1.28. The highest BCUT2D eigenvalue weighted by atomic mass is 32.2. The molecular formula is C24H24N4O5S. The lowest BCUT2D eigenvalue weighted by Gasteiger charge is -2.18. The van der Waals surface area contributed by atoms with Crippen molar-refractivity contribution in [1.29, 1.82) is 0 Å². The molecule has 0 aliphatic carbocycles. The van der Waals surface area contributed by atoms with E-state index in [1.165, 1.54) is 0 Å². The fourth-order valence-electron chi connectivity index (χ4n) is 3.76. The fraction of sp³-hybridized carbons (Fsp3) is 0.292. The number of benzene rings is 1. The quantitative estimate of drug-likeness (QED) is 0.579. The Labute approximate surface area is 201 Å². The van der Waals surface area contributed by atoms with Gasteiger partial charge < -0.3 is 15.0 Å². The van der Waals surface area contributed by atoms with Gasteiger partial charge in [0.2, 0.25) is 11.8 Å². The Morgan fingerprint density at radius 3 is 2.74 bits per heavy atom. The number of anilines is 1. The van der Waals surface area contributed by atoms with Crippen LogP contribution in [0.5, 0.6) is 5.75 Å². The molecule has 3 heterocycles. The van der Waals surface area contributed by atoms with Crippen molar-refractivity contribution in [3.8, 4) is 5.75 Å². The predicted octanol–water partition coefficient (Wildman–Crippen LogP) is 2.69. The Bertz CT molecular complexity index is 1120. The highest BCUT2D eigenvalue weighted by Crippen LogP contribution is 2.32. The molecule has 1 aromatic carbocycles. The molecule has 4 rings (SSSR count). The number of amides is 4. The molecule has 0 radical (unpaired) electrons. The molecule has 1 aromatic heterocycles. The second-order valence-corrected chi connectivity index (χ2v) is 8.74. The van der Waals surface area contributed by atoms with Crippen LogP contribution >= 0.6 is 11.8 Å². The molecule has 0 spiro atoms. The Morgan fingerprint density at radius 2 is 2.03 bits per heavy atom. The van der Waals surface area contributed by atoms with E-state index in [4.69, 9.17) is 4.74 Å². The van der Waals surface area contributed by atoms with E-state index in [-0.39, 0.29) is 43.1 Å². The zero-order valence-electron chi connectivity index (χ0n) is 18.6. The molecule has 4 amide bonds. The van der Waals surface area contributed by atoms with Gasteiger partial charge in [0, 0.05) is 44.1 Å². The van der Waals surface area contributed by atoms with Crippen LogP contribution in [0.25, 0.3) is 6.08 Å². The number of imide groups is 1. The van der Waals surface area contributed by atoms with Gasteiger partial charge >= 0.3 is 0 Å². The number of nitrogens with one attached hydrogen (secondary N) is 1. The Hall–Kier alpha value is -3.66. The molecule has 1 N–H and O–H groups in total. The number of thioether (sulfide) groups is 1. The van der Waals surface area contributed by atoms with Crippen LogP contribution in [0.1, 0.15) is 18.9 Å². The second kappa shape index (κ2) is 10.5. The number of carbonyl (C=O) groups is 4. The average Bonchev–Trinajstić information content (AvgIpc) is 3.35. The molecule has 2 aliphatic rings. The van der Waals surface area contributed by atoms with Crippen LogP contribution in [0.2, 0.25) is 0 Å². The number of ether oxygens (including phenoxy) is 1. The van der Waals surface area contributed by atoms with Gasteiger partial charge in [-0.3, -0.25) is 29.1 Å². The highest BCUT2D eigenvalue weighted by Gasteiger charge is 2.37. The molecule has 1 unspecified atom stereocenters. The summed E-state index contributed by atoms with van der Waals surface area (Å²) < 4.78 is 5.42. The smallest absolute Gasteiger partial charge is 0.293 e. The van der Waals surface area contributed by atoms with E-state index in [9.17, 15) is 19.2 Å². The number of hydrogen-bond acceptors (Lipinski definition) is 7. The molecule has 2 aromatic rings. The van der Waals surface area contributed by atoms with Crippen molar-refractivity contribution >= 4 is 46.5 Å². The number of carbonyl (C=O) groups excluding carboxylic acids is 4.